The van der Waals surface area contributed by atoms with Crippen molar-refractivity contribution in [1.29, 1.82) is 0 Å². The molecule has 0 N–H and O–H groups in total. The first-order chi connectivity index (χ1) is 20.9. The van der Waals surface area contributed by atoms with Crippen molar-refractivity contribution in [3.63, 3.8) is 0 Å². The average molecular weight is 604 g/mol. The lowest BCUT2D eigenvalue weighted by Gasteiger charge is -2.23. The molecule has 7 heteroatoms. The van der Waals surface area contributed by atoms with E-state index in [0.29, 0.717) is 5.82 Å². The van der Waals surface area contributed by atoms with E-state index < -0.39 is 0 Å². The SMILES string of the molecule is CCCCCCCCN(CCCCCCCC)c1ccc(C=c2c(C(C)(C)C)nn3c(-c4ccccc4OC)nnc23)s1. The molecule has 0 saturated heterocycles. The highest BCUT2D eigenvalue weighted by Crippen LogP contribution is 2.31. The van der Waals surface area contributed by atoms with E-state index in [1.165, 1.54) is 86.9 Å². The van der Waals surface area contributed by atoms with Gasteiger partial charge in [-0.25, -0.2) is 0 Å². The number of thiophene rings is 1. The fourth-order valence-electron chi connectivity index (χ4n) is 5.72. The number of hydrogen-bond acceptors (Lipinski definition) is 6. The third kappa shape index (κ3) is 8.81. The number of anilines is 1. The molecule has 0 spiro atoms. The third-order valence-electron chi connectivity index (χ3n) is 8.17. The summed E-state index contributed by atoms with van der Waals surface area (Å²) in [5.74, 6) is 1.47. The van der Waals surface area contributed by atoms with Crippen LogP contribution in [0, 0.1) is 0 Å². The van der Waals surface area contributed by atoms with Gasteiger partial charge in [0.15, 0.2) is 11.5 Å². The molecule has 0 unspecified atom stereocenters. The first-order valence-electron chi connectivity index (χ1n) is 16.6. The Balaban J connectivity index is 1.60. The molecular weight excluding hydrogens is 550 g/mol. The monoisotopic (exact) mass is 603 g/mol. The summed E-state index contributed by atoms with van der Waals surface area (Å²) < 4.78 is 7.52. The Bertz CT molecular complexity index is 1430. The van der Waals surface area contributed by atoms with Crippen molar-refractivity contribution in [2.45, 2.75) is 117 Å². The van der Waals surface area contributed by atoms with Crippen molar-refractivity contribution < 1.29 is 4.74 Å². The van der Waals surface area contributed by atoms with Gasteiger partial charge in [-0.15, -0.1) is 21.5 Å². The maximum Gasteiger partial charge on any atom is 0.189 e. The Hall–Kier alpha value is -2.93. The molecule has 3 aromatic heterocycles. The number of benzene rings is 1. The highest BCUT2D eigenvalue weighted by atomic mass is 32.1. The van der Waals surface area contributed by atoms with Gasteiger partial charge >= 0.3 is 0 Å². The summed E-state index contributed by atoms with van der Waals surface area (Å²) in [6, 6.07) is 12.5. The highest BCUT2D eigenvalue weighted by molar-refractivity contribution is 7.16. The molecule has 3 heterocycles. The van der Waals surface area contributed by atoms with Crippen LogP contribution in [0.5, 0.6) is 5.75 Å². The topological polar surface area (TPSA) is 55.6 Å². The lowest BCUT2D eigenvalue weighted by Crippen LogP contribution is -2.24. The van der Waals surface area contributed by atoms with Crippen LogP contribution in [0.2, 0.25) is 0 Å². The number of ether oxygens (including phenoxy) is 1. The summed E-state index contributed by atoms with van der Waals surface area (Å²) in [7, 11) is 1.69. The smallest absolute Gasteiger partial charge is 0.189 e. The number of aromatic nitrogens is 4. The van der Waals surface area contributed by atoms with Crippen molar-refractivity contribution in [2.24, 2.45) is 0 Å². The van der Waals surface area contributed by atoms with E-state index in [-0.39, 0.29) is 5.41 Å². The molecule has 0 amide bonds. The van der Waals surface area contributed by atoms with E-state index in [0.717, 1.165) is 41.0 Å². The Labute approximate surface area is 263 Å². The quantitative estimate of drug-likeness (QED) is 0.106. The molecule has 0 aliphatic heterocycles. The van der Waals surface area contributed by atoms with Crippen molar-refractivity contribution in [1.82, 2.24) is 19.8 Å². The maximum atomic E-state index is 5.63. The molecule has 234 valence electrons. The van der Waals surface area contributed by atoms with Crippen LogP contribution in [0.15, 0.2) is 36.4 Å². The number of fused-ring (bicyclic) bond motifs is 1. The van der Waals surface area contributed by atoms with Crippen molar-refractivity contribution >= 4 is 28.1 Å². The van der Waals surface area contributed by atoms with Gasteiger partial charge in [0.2, 0.25) is 0 Å². The summed E-state index contributed by atoms with van der Waals surface area (Å²) in [5.41, 5.74) is 2.56. The van der Waals surface area contributed by atoms with Crippen LogP contribution in [0.25, 0.3) is 23.1 Å². The molecule has 0 aliphatic rings. The van der Waals surface area contributed by atoms with E-state index in [1.54, 1.807) is 7.11 Å². The summed E-state index contributed by atoms with van der Waals surface area (Å²) in [4.78, 5) is 3.87. The summed E-state index contributed by atoms with van der Waals surface area (Å²) in [6.45, 7) is 13.5. The normalized spacial score (nSPS) is 12.5. The maximum absolute atomic E-state index is 5.63. The van der Waals surface area contributed by atoms with Crippen LogP contribution >= 0.6 is 11.3 Å². The number of hydrogen-bond donors (Lipinski definition) is 0. The Morgan fingerprint density at radius 2 is 1.44 bits per heavy atom. The second-order valence-corrected chi connectivity index (χ2v) is 13.9. The molecule has 0 atom stereocenters. The minimum Gasteiger partial charge on any atom is -0.496 e. The molecule has 6 nitrogen and oxygen atoms in total. The molecule has 4 rings (SSSR count). The standard InChI is InChI=1S/C36H53N5OS/c1-7-9-11-13-15-19-25-40(26-20-16-14-12-10-8-2)32-24-23-28(43-32)27-30-33(36(3,4)5)39-41-34(37-38-35(30)41)29-21-17-18-22-31(29)42-6/h17-18,21-24,27H,7-16,19-20,25-26H2,1-6H3. The summed E-state index contributed by atoms with van der Waals surface area (Å²) in [5, 5.41) is 16.7. The number of nitrogens with zero attached hydrogens (tertiary/aromatic N) is 5. The summed E-state index contributed by atoms with van der Waals surface area (Å²) in [6.07, 6.45) is 18.2. The van der Waals surface area contributed by atoms with Crippen molar-refractivity contribution in [3.8, 4) is 17.1 Å². The van der Waals surface area contributed by atoms with Gasteiger partial charge in [0, 0.05) is 28.6 Å². The molecule has 43 heavy (non-hydrogen) atoms. The Morgan fingerprint density at radius 1 is 0.814 bits per heavy atom. The fourth-order valence-corrected chi connectivity index (χ4v) is 6.72. The second kappa shape index (κ2) is 16.2. The lowest BCUT2D eigenvalue weighted by atomic mass is 9.91. The highest BCUT2D eigenvalue weighted by Gasteiger charge is 2.25. The zero-order valence-corrected chi connectivity index (χ0v) is 28.3. The number of unbranched alkanes of at least 4 members (excludes halogenated alkanes) is 10. The van der Waals surface area contributed by atoms with E-state index in [9.17, 15) is 0 Å². The number of para-hydroxylation sites is 1. The van der Waals surface area contributed by atoms with E-state index in [4.69, 9.17) is 9.84 Å². The first kappa shape index (κ1) is 33.0. The third-order valence-corrected chi connectivity index (χ3v) is 9.26. The zero-order chi connectivity index (χ0) is 30.7. The second-order valence-electron chi connectivity index (χ2n) is 12.8. The minimum absolute atomic E-state index is 0.147. The average Bonchev–Trinajstić information content (AvgIpc) is 3.72. The molecule has 0 radical (unpaired) electrons. The van der Waals surface area contributed by atoms with Crippen LogP contribution in [-0.2, 0) is 5.41 Å². The largest absolute Gasteiger partial charge is 0.496 e. The lowest BCUT2D eigenvalue weighted by molar-refractivity contribution is 0.416. The van der Waals surface area contributed by atoms with Gasteiger partial charge in [0.25, 0.3) is 0 Å². The van der Waals surface area contributed by atoms with Crippen LogP contribution in [-0.4, -0.2) is 40.0 Å². The molecule has 0 saturated carbocycles. The van der Waals surface area contributed by atoms with Gasteiger partial charge in [-0.1, -0.05) is 111 Å². The number of rotatable bonds is 18. The molecular formula is C36H53N5OS. The van der Waals surface area contributed by atoms with E-state index in [1.807, 2.05) is 40.1 Å². The first-order valence-corrected chi connectivity index (χ1v) is 17.4. The van der Waals surface area contributed by atoms with Gasteiger partial charge in [0.1, 0.15) is 5.75 Å². The molecule has 0 aliphatic carbocycles. The predicted molar refractivity (Wildman–Crippen MR) is 184 cm³/mol. The van der Waals surface area contributed by atoms with Crippen LogP contribution in [0.4, 0.5) is 5.00 Å². The van der Waals surface area contributed by atoms with Gasteiger partial charge in [-0.3, -0.25) is 0 Å². The van der Waals surface area contributed by atoms with Crippen LogP contribution < -0.4 is 14.9 Å². The predicted octanol–water partition coefficient (Wildman–Crippen LogP) is 9.23. The Kier molecular flexibility index (Phi) is 12.4. The minimum atomic E-state index is -0.147. The van der Waals surface area contributed by atoms with Gasteiger partial charge in [-0.05, 0) is 43.2 Å². The summed E-state index contributed by atoms with van der Waals surface area (Å²) >= 11 is 1.89. The van der Waals surface area contributed by atoms with Crippen molar-refractivity contribution in [3.05, 3.63) is 52.2 Å². The molecule has 0 fully saturated rings. The molecule has 0 bridgehead atoms. The zero-order valence-electron chi connectivity index (χ0n) is 27.5. The van der Waals surface area contributed by atoms with Crippen LogP contribution in [0.3, 0.4) is 0 Å². The van der Waals surface area contributed by atoms with Gasteiger partial charge in [0.05, 0.1) is 23.4 Å². The fraction of sp³-hybridized carbons (Fsp3) is 0.583. The van der Waals surface area contributed by atoms with E-state index >= 15 is 0 Å². The van der Waals surface area contributed by atoms with Crippen molar-refractivity contribution in [2.75, 3.05) is 25.1 Å². The number of methoxy groups -OCH3 is 1. The van der Waals surface area contributed by atoms with Crippen LogP contribution in [0.1, 0.15) is 122 Å². The molecule has 4 aromatic rings. The van der Waals surface area contributed by atoms with Gasteiger partial charge < -0.3 is 9.64 Å². The van der Waals surface area contributed by atoms with E-state index in [2.05, 4.69) is 67.9 Å². The Morgan fingerprint density at radius 3 is 2.07 bits per heavy atom. The molecule has 1 aromatic carbocycles. The van der Waals surface area contributed by atoms with Gasteiger partial charge in [-0.2, -0.15) is 9.61 Å².